The molecule has 7 heteroatoms. The molecule has 2 N–H and O–H groups in total. The number of rotatable bonds is 4. The molecule has 0 aliphatic heterocycles. The zero-order valence-electron chi connectivity index (χ0n) is 8.68. The first kappa shape index (κ1) is 11.4. The number of para-hydroxylation sites is 1. The van der Waals surface area contributed by atoms with E-state index in [1.165, 1.54) is 6.33 Å². The Morgan fingerprint density at radius 3 is 3.00 bits per heavy atom. The standard InChI is InChI=1S/C10H9ClN4O2/c11-7-3-1-2-4-8(7)17-5-9(16)14-10-12-6-13-15-10/h1-4,6H,5H2,(H2,12,13,14,15,16). The third-order valence-electron chi connectivity index (χ3n) is 1.87. The molecule has 1 aromatic carbocycles. The van der Waals surface area contributed by atoms with Gasteiger partial charge in [-0.05, 0) is 12.1 Å². The molecular weight excluding hydrogens is 244 g/mol. The molecule has 0 fully saturated rings. The second-order valence-corrected chi connectivity index (χ2v) is 3.51. The fourth-order valence-electron chi connectivity index (χ4n) is 1.14. The number of nitrogens with one attached hydrogen (secondary N) is 2. The lowest BCUT2D eigenvalue weighted by Gasteiger charge is -2.06. The number of nitrogens with zero attached hydrogens (tertiary/aromatic N) is 2. The largest absolute Gasteiger partial charge is 0.482 e. The summed E-state index contributed by atoms with van der Waals surface area (Å²) in [5, 5.41) is 9.03. The molecule has 6 nitrogen and oxygen atoms in total. The van der Waals surface area contributed by atoms with E-state index in [1.54, 1.807) is 24.3 Å². The lowest BCUT2D eigenvalue weighted by atomic mass is 10.3. The van der Waals surface area contributed by atoms with Crippen molar-refractivity contribution in [3.05, 3.63) is 35.6 Å². The molecule has 17 heavy (non-hydrogen) atoms. The van der Waals surface area contributed by atoms with Crippen molar-refractivity contribution in [1.82, 2.24) is 15.2 Å². The number of aromatic nitrogens is 3. The minimum atomic E-state index is -0.346. The molecule has 0 bridgehead atoms. The monoisotopic (exact) mass is 252 g/mol. The molecule has 0 atom stereocenters. The van der Waals surface area contributed by atoms with E-state index in [0.717, 1.165) is 0 Å². The molecule has 1 amide bonds. The second kappa shape index (κ2) is 5.31. The van der Waals surface area contributed by atoms with Crippen molar-refractivity contribution in [2.75, 3.05) is 11.9 Å². The highest BCUT2D eigenvalue weighted by atomic mass is 35.5. The van der Waals surface area contributed by atoms with Crippen LogP contribution in [0.25, 0.3) is 0 Å². The van der Waals surface area contributed by atoms with Gasteiger partial charge in [-0.1, -0.05) is 23.7 Å². The summed E-state index contributed by atoms with van der Waals surface area (Å²) in [4.78, 5) is 15.2. The number of aromatic amines is 1. The number of halogens is 1. The van der Waals surface area contributed by atoms with Crippen LogP contribution in [-0.4, -0.2) is 27.7 Å². The smallest absolute Gasteiger partial charge is 0.264 e. The number of H-pyrrole nitrogens is 1. The molecule has 0 spiro atoms. The maximum atomic E-state index is 11.4. The Hall–Kier alpha value is -2.08. The lowest BCUT2D eigenvalue weighted by Crippen LogP contribution is -2.20. The summed E-state index contributed by atoms with van der Waals surface area (Å²) in [6, 6.07) is 6.93. The van der Waals surface area contributed by atoms with Crippen LogP contribution in [0.3, 0.4) is 0 Å². The van der Waals surface area contributed by atoms with Gasteiger partial charge in [0, 0.05) is 0 Å². The first-order valence-electron chi connectivity index (χ1n) is 4.78. The van der Waals surface area contributed by atoms with E-state index in [-0.39, 0.29) is 18.5 Å². The van der Waals surface area contributed by atoms with Gasteiger partial charge in [0.15, 0.2) is 6.61 Å². The van der Waals surface area contributed by atoms with Gasteiger partial charge in [-0.3, -0.25) is 10.1 Å². The summed E-state index contributed by atoms with van der Waals surface area (Å²) in [5.41, 5.74) is 0. The van der Waals surface area contributed by atoms with Crippen molar-refractivity contribution in [3.63, 3.8) is 0 Å². The zero-order valence-corrected chi connectivity index (χ0v) is 9.44. The SMILES string of the molecule is O=C(COc1ccccc1Cl)Nc1ncn[nH]1. The quantitative estimate of drug-likeness (QED) is 0.864. The van der Waals surface area contributed by atoms with Crippen LogP contribution < -0.4 is 10.1 Å². The number of anilines is 1. The fourth-order valence-corrected chi connectivity index (χ4v) is 1.33. The van der Waals surface area contributed by atoms with Crippen molar-refractivity contribution in [2.24, 2.45) is 0 Å². The molecule has 0 radical (unpaired) electrons. The van der Waals surface area contributed by atoms with Crippen LogP contribution in [0, 0.1) is 0 Å². The first-order chi connectivity index (χ1) is 8.25. The van der Waals surface area contributed by atoms with Crippen LogP contribution >= 0.6 is 11.6 Å². The van der Waals surface area contributed by atoms with Crippen molar-refractivity contribution in [1.29, 1.82) is 0 Å². The molecule has 2 rings (SSSR count). The average Bonchev–Trinajstić information content (AvgIpc) is 2.81. The average molecular weight is 253 g/mol. The van der Waals surface area contributed by atoms with Crippen LogP contribution in [0.15, 0.2) is 30.6 Å². The predicted octanol–water partition coefficient (Wildman–Crippen LogP) is 1.48. The fraction of sp³-hybridized carbons (Fsp3) is 0.100. The number of amides is 1. The predicted molar refractivity (Wildman–Crippen MR) is 62.0 cm³/mol. The minimum absolute atomic E-state index is 0.148. The first-order valence-corrected chi connectivity index (χ1v) is 5.16. The summed E-state index contributed by atoms with van der Waals surface area (Å²) >= 11 is 5.87. The summed E-state index contributed by atoms with van der Waals surface area (Å²) in [5.74, 6) is 0.390. The Labute approximate surface area is 102 Å². The minimum Gasteiger partial charge on any atom is -0.482 e. The third-order valence-corrected chi connectivity index (χ3v) is 2.18. The van der Waals surface area contributed by atoms with Crippen LogP contribution in [0.1, 0.15) is 0 Å². The van der Waals surface area contributed by atoms with Gasteiger partial charge in [0.1, 0.15) is 12.1 Å². The molecule has 0 aliphatic rings. The molecule has 0 aliphatic carbocycles. The van der Waals surface area contributed by atoms with Gasteiger partial charge in [-0.2, -0.15) is 10.1 Å². The molecule has 0 saturated carbocycles. The molecule has 88 valence electrons. The summed E-state index contributed by atoms with van der Waals surface area (Å²) < 4.78 is 5.24. The normalized spacial score (nSPS) is 9.94. The number of hydrogen-bond donors (Lipinski definition) is 2. The van der Waals surface area contributed by atoms with Crippen LogP contribution in [0.5, 0.6) is 5.75 Å². The van der Waals surface area contributed by atoms with Crippen molar-refractivity contribution in [3.8, 4) is 5.75 Å². The van der Waals surface area contributed by atoms with Gasteiger partial charge >= 0.3 is 0 Å². The van der Waals surface area contributed by atoms with E-state index in [0.29, 0.717) is 10.8 Å². The summed E-state index contributed by atoms with van der Waals surface area (Å²) in [7, 11) is 0. The van der Waals surface area contributed by atoms with Gasteiger partial charge in [-0.15, -0.1) is 0 Å². The van der Waals surface area contributed by atoms with Crippen LogP contribution in [-0.2, 0) is 4.79 Å². The lowest BCUT2D eigenvalue weighted by molar-refractivity contribution is -0.118. The number of hydrogen-bond acceptors (Lipinski definition) is 4. The van der Waals surface area contributed by atoms with Crippen molar-refractivity contribution in [2.45, 2.75) is 0 Å². The van der Waals surface area contributed by atoms with E-state index >= 15 is 0 Å². The Kier molecular flexibility index (Phi) is 3.56. The van der Waals surface area contributed by atoms with Crippen molar-refractivity contribution >= 4 is 23.5 Å². The highest BCUT2D eigenvalue weighted by Crippen LogP contribution is 2.22. The molecular formula is C10H9ClN4O2. The maximum Gasteiger partial charge on any atom is 0.264 e. The summed E-state index contributed by atoms with van der Waals surface area (Å²) in [6.07, 6.45) is 1.30. The molecule has 0 saturated heterocycles. The second-order valence-electron chi connectivity index (χ2n) is 3.10. The van der Waals surface area contributed by atoms with E-state index < -0.39 is 0 Å². The molecule has 0 unspecified atom stereocenters. The van der Waals surface area contributed by atoms with E-state index in [4.69, 9.17) is 16.3 Å². The molecule has 1 aromatic heterocycles. The van der Waals surface area contributed by atoms with E-state index in [9.17, 15) is 4.79 Å². The maximum absolute atomic E-state index is 11.4. The Bertz CT molecular complexity index is 501. The van der Waals surface area contributed by atoms with Gasteiger partial charge < -0.3 is 4.74 Å². The Balaban J connectivity index is 1.86. The van der Waals surface area contributed by atoms with E-state index in [1.807, 2.05) is 0 Å². The summed E-state index contributed by atoms with van der Waals surface area (Å²) in [6.45, 7) is -0.148. The highest BCUT2D eigenvalue weighted by Gasteiger charge is 2.06. The van der Waals surface area contributed by atoms with E-state index in [2.05, 4.69) is 20.5 Å². The van der Waals surface area contributed by atoms with Crippen LogP contribution in [0.4, 0.5) is 5.95 Å². The number of carbonyl (C=O) groups is 1. The molecule has 2 aromatic rings. The van der Waals surface area contributed by atoms with Gasteiger partial charge in [0.25, 0.3) is 5.91 Å². The topological polar surface area (TPSA) is 79.9 Å². The number of benzene rings is 1. The van der Waals surface area contributed by atoms with Crippen LogP contribution in [0.2, 0.25) is 5.02 Å². The van der Waals surface area contributed by atoms with Gasteiger partial charge in [-0.25, -0.2) is 5.10 Å². The number of ether oxygens (including phenoxy) is 1. The zero-order chi connectivity index (χ0) is 12.1. The Morgan fingerprint density at radius 2 is 2.29 bits per heavy atom. The van der Waals surface area contributed by atoms with Gasteiger partial charge in [0.2, 0.25) is 5.95 Å². The highest BCUT2D eigenvalue weighted by molar-refractivity contribution is 6.32. The van der Waals surface area contributed by atoms with Crippen molar-refractivity contribution < 1.29 is 9.53 Å². The number of carbonyl (C=O) groups excluding carboxylic acids is 1. The Morgan fingerprint density at radius 1 is 1.47 bits per heavy atom. The third kappa shape index (κ3) is 3.18. The molecule has 1 heterocycles. The van der Waals surface area contributed by atoms with Gasteiger partial charge in [0.05, 0.1) is 5.02 Å².